The summed E-state index contributed by atoms with van der Waals surface area (Å²) in [7, 11) is -3.45. The van der Waals surface area contributed by atoms with E-state index in [9.17, 15) is 8.42 Å². The lowest BCUT2D eigenvalue weighted by atomic mass is 10.2. The van der Waals surface area contributed by atoms with E-state index in [0.29, 0.717) is 31.1 Å². The number of nitrogens with zero attached hydrogens (tertiary/aromatic N) is 2. The molecule has 0 aliphatic carbocycles. The second-order valence-electron chi connectivity index (χ2n) is 7.32. The molecular formula is C21H28N2O3S. The standard InChI is InChI=1S/C21H28N2O3S/c1-16(2)26-20-8-6-19(7-9-20)22-11-13-23(14-12-22)27(24,25)21-10-5-17(3)15-18(21)4/h5-10,15-16H,11-14H2,1-4H3. The summed E-state index contributed by atoms with van der Waals surface area (Å²) in [5.41, 5.74) is 2.97. The summed E-state index contributed by atoms with van der Waals surface area (Å²) in [6, 6.07) is 13.5. The van der Waals surface area contributed by atoms with Gasteiger partial charge in [0.2, 0.25) is 10.0 Å². The molecule has 6 heteroatoms. The van der Waals surface area contributed by atoms with E-state index in [1.54, 1.807) is 10.4 Å². The van der Waals surface area contributed by atoms with Crippen molar-refractivity contribution < 1.29 is 13.2 Å². The minimum atomic E-state index is -3.45. The van der Waals surface area contributed by atoms with Crippen LogP contribution in [0.3, 0.4) is 0 Å². The van der Waals surface area contributed by atoms with E-state index in [0.717, 1.165) is 22.6 Å². The van der Waals surface area contributed by atoms with Crippen molar-refractivity contribution in [2.75, 3.05) is 31.1 Å². The fraction of sp³-hybridized carbons (Fsp3) is 0.429. The molecule has 0 atom stereocenters. The Morgan fingerprint density at radius 2 is 1.56 bits per heavy atom. The van der Waals surface area contributed by atoms with Crippen molar-refractivity contribution in [3.8, 4) is 5.75 Å². The van der Waals surface area contributed by atoms with E-state index >= 15 is 0 Å². The quantitative estimate of drug-likeness (QED) is 0.785. The topological polar surface area (TPSA) is 49.9 Å². The number of rotatable bonds is 5. The molecular weight excluding hydrogens is 360 g/mol. The third kappa shape index (κ3) is 4.45. The van der Waals surface area contributed by atoms with Gasteiger partial charge in [0.25, 0.3) is 0 Å². The van der Waals surface area contributed by atoms with Crippen molar-refractivity contribution in [2.45, 2.75) is 38.7 Å². The third-order valence-corrected chi connectivity index (χ3v) is 6.82. The minimum Gasteiger partial charge on any atom is -0.491 e. The first-order valence-electron chi connectivity index (χ1n) is 9.36. The van der Waals surface area contributed by atoms with Gasteiger partial charge in [-0.05, 0) is 63.6 Å². The molecule has 0 amide bonds. The van der Waals surface area contributed by atoms with Crippen molar-refractivity contribution in [3.63, 3.8) is 0 Å². The molecule has 0 radical (unpaired) electrons. The van der Waals surface area contributed by atoms with E-state index in [2.05, 4.69) is 4.90 Å². The zero-order valence-corrected chi connectivity index (χ0v) is 17.3. The van der Waals surface area contributed by atoms with Crippen LogP contribution in [0, 0.1) is 13.8 Å². The Morgan fingerprint density at radius 3 is 2.11 bits per heavy atom. The number of piperazine rings is 1. The van der Waals surface area contributed by atoms with Crippen molar-refractivity contribution >= 4 is 15.7 Å². The first kappa shape index (κ1) is 19.7. The van der Waals surface area contributed by atoms with Crippen LogP contribution < -0.4 is 9.64 Å². The number of ether oxygens (including phenoxy) is 1. The summed E-state index contributed by atoms with van der Waals surface area (Å²) in [4.78, 5) is 2.63. The monoisotopic (exact) mass is 388 g/mol. The molecule has 0 N–H and O–H groups in total. The average Bonchev–Trinajstić information content (AvgIpc) is 2.61. The number of anilines is 1. The highest BCUT2D eigenvalue weighted by Gasteiger charge is 2.29. The summed E-state index contributed by atoms with van der Waals surface area (Å²) in [5.74, 6) is 0.852. The highest BCUT2D eigenvalue weighted by atomic mass is 32.2. The van der Waals surface area contributed by atoms with E-state index in [1.165, 1.54) is 0 Å². The fourth-order valence-corrected chi connectivity index (χ4v) is 5.05. The van der Waals surface area contributed by atoms with Gasteiger partial charge in [-0.15, -0.1) is 0 Å². The van der Waals surface area contributed by atoms with Crippen LogP contribution in [0.4, 0.5) is 5.69 Å². The second-order valence-corrected chi connectivity index (χ2v) is 9.23. The average molecular weight is 389 g/mol. The van der Waals surface area contributed by atoms with Crippen molar-refractivity contribution in [1.29, 1.82) is 0 Å². The van der Waals surface area contributed by atoms with Crippen LogP contribution in [-0.4, -0.2) is 45.0 Å². The van der Waals surface area contributed by atoms with E-state index < -0.39 is 10.0 Å². The first-order valence-corrected chi connectivity index (χ1v) is 10.8. The van der Waals surface area contributed by atoms with Crippen LogP contribution in [0.2, 0.25) is 0 Å². The highest BCUT2D eigenvalue weighted by Crippen LogP contribution is 2.25. The SMILES string of the molecule is Cc1ccc(S(=O)(=O)N2CCN(c3ccc(OC(C)C)cc3)CC2)c(C)c1. The van der Waals surface area contributed by atoms with Crippen molar-refractivity contribution in [1.82, 2.24) is 4.31 Å². The van der Waals surface area contributed by atoms with E-state index in [4.69, 9.17) is 4.74 Å². The summed E-state index contributed by atoms with van der Waals surface area (Å²) in [6.07, 6.45) is 0.148. The van der Waals surface area contributed by atoms with Gasteiger partial charge in [0.15, 0.2) is 0 Å². The van der Waals surface area contributed by atoms with Gasteiger partial charge in [0.1, 0.15) is 5.75 Å². The van der Waals surface area contributed by atoms with Crippen molar-refractivity contribution in [2.24, 2.45) is 0 Å². The van der Waals surface area contributed by atoms with E-state index in [1.807, 2.05) is 64.1 Å². The fourth-order valence-electron chi connectivity index (χ4n) is 3.42. The smallest absolute Gasteiger partial charge is 0.243 e. The molecule has 0 unspecified atom stereocenters. The molecule has 3 rings (SSSR count). The Balaban J connectivity index is 1.67. The van der Waals surface area contributed by atoms with Gasteiger partial charge in [-0.25, -0.2) is 8.42 Å². The number of aryl methyl sites for hydroxylation is 2. The molecule has 0 saturated carbocycles. The number of sulfonamides is 1. The lowest BCUT2D eigenvalue weighted by Crippen LogP contribution is -2.48. The number of hydrogen-bond donors (Lipinski definition) is 0. The molecule has 1 aliphatic rings. The molecule has 2 aromatic carbocycles. The molecule has 1 saturated heterocycles. The van der Waals surface area contributed by atoms with Gasteiger partial charge in [-0.2, -0.15) is 4.31 Å². The van der Waals surface area contributed by atoms with Crippen LogP contribution in [0.5, 0.6) is 5.75 Å². The van der Waals surface area contributed by atoms with Crippen LogP contribution in [0.15, 0.2) is 47.4 Å². The predicted molar refractivity (Wildman–Crippen MR) is 109 cm³/mol. The van der Waals surface area contributed by atoms with Crippen LogP contribution >= 0.6 is 0 Å². The Bertz CT molecular complexity index is 884. The van der Waals surface area contributed by atoms with Gasteiger partial charge in [-0.1, -0.05) is 17.7 Å². The second kappa shape index (κ2) is 7.90. The molecule has 2 aromatic rings. The number of benzene rings is 2. The summed E-state index contributed by atoms with van der Waals surface area (Å²) < 4.78 is 33.3. The molecule has 27 heavy (non-hydrogen) atoms. The maximum atomic E-state index is 13.0. The maximum Gasteiger partial charge on any atom is 0.243 e. The lowest BCUT2D eigenvalue weighted by molar-refractivity contribution is 0.242. The third-order valence-electron chi connectivity index (χ3n) is 4.76. The maximum absolute atomic E-state index is 13.0. The predicted octanol–water partition coefficient (Wildman–Crippen LogP) is 3.60. The zero-order valence-electron chi connectivity index (χ0n) is 16.5. The van der Waals surface area contributed by atoms with Gasteiger partial charge in [0.05, 0.1) is 11.0 Å². The van der Waals surface area contributed by atoms with E-state index in [-0.39, 0.29) is 6.10 Å². The Kier molecular flexibility index (Phi) is 5.77. The number of hydrogen-bond acceptors (Lipinski definition) is 4. The largest absolute Gasteiger partial charge is 0.491 e. The molecule has 1 aliphatic heterocycles. The van der Waals surface area contributed by atoms with Gasteiger partial charge >= 0.3 is 0 Å². The van der Waals surface area contributed by atoms with Gasteiger partial charge in [0, 0.05) is 31.9 Å². The Morgan fingerprint density at radius 1 is 0.926 bits per heavy atom. The van der Waals surface area contributed by atoms with Crippen molar-refractivity contribution in [3.05, 3.63) is 53.6 Å². The van der Waals surface area contributed by atoms with Crippen LogP contribution in [0.1, 0.15) is 25.0 Å². The normalized spacial score (nSPS) is 16.0. The van der Waals surface area contributed by atoms with Crippen LogP contribution in [0.25, 0.3) is 0 Å². The zero-order chi connectivity index (χ0) is 19.6. The Labute approximate surface area is 162 Å². The minimum absolute atomic E-state index is 0.148. The molecule has 0 bridgehead atoms. The molecule has 1 fully saturated rings. The summed E-state index contributed by atoms with van der Waals surface area (Å²) in [6.45, 7) is 10.2. The molecule has 5 nitrogen and oxygen atoms in total. The van der Waals surface area contributed by atoms with Gasteiger partial charge in [-0.3, -0.25) is 0 Å². The summed E-state index contributed by atoms with van der Waals surface area (Å²) >= 11 is 0. The highest BCUT2D eigenvalue weighted by molar-refractivity contribution is 7.89. The molecule has 1 heterocycles. The molecule has 146 valence electrons. The van der Waals surface area contributed by atoms with Crippen LogP contribution in [-0.2, 0) is 10.0 Å². The summed E-state index contributed by atoms with van der Waals surface area (Å²) in [5, 5.41) is 0. The molecule has 0 aromatic heterocycles. The Hall–Kier alpha value is -2.05. The lowest BCUT2D eigenvalue weighted by Gasteiger charge is -2.35. The molecule has 0 spiro atoms. The van der Waals surface area contributed by atoms with Gasteiger partial charge < -0.3 is 9.64 Å². The first-order chi connectivity index (χ1) is 12.8.